The quantitative estimate of drug-likeness (QED) is 0.432. The summed E-state index contributed by atoms with van der Waals surface area (Å²) in [6.45, 7) is 6.12. The lowest BCUT2D eigenvalue weighted by molar-refractivity contribution is -0.140. The molecular weight excluding hydrogens is 132 g/mol. The van der Waals surface area contributed by atoms with Crippen molar-refractivity contribution >= 4 is 14.8 Å². The Bertz CT molecular complexity index is 101. The highest BCUT2D eigenvalue weighted by Crippen LogP contribution is 2.09. The molecule has 0 N–H and O–H groups in total. The molecule has 3 heteroatoms. The summed E-state index contributed by atoms with van der Waals surface area (Å²) >= 11 is 0. The minimum absolute atomic E-state index is 0.0751. The van der Waals surface area contributed by atoms with Gasteiger partial charge in [0.2, 0.25) is 0 Å². The lowest BCUT2D eigenvalue weighted by Crippen LogP contribution is -2.19. The van der Waals surface area contributed by atoms with E-state index in [-0.39, 0.29) is 11.5 Å². The molecule has 9 heavy (non-hydrogen) atoms. The van der Waals surface area contributed by atoms with E-state index in [0.29, 0.717) is 0 Å². The molecule has 0 aromatic heterocycles. The van der Waals surface area contributed by atoms with Gasteiger partial charge >= 0.3 is 5.97 Å². The first-order valence-electron chi connectivity index (χ1n) is 2.97. The van der Waals surface area contributed by atoms with Gasteiger partial charge in [-0.15, -0.1) is 0 Å². The predicted octanol–water partition coefficient (Wildman–Crippen LogP) is 1.30. The summed E-state index contributed by atoms with van der Waals surface area (Å²) < 4.78 is 4.56. The van der Waals surface area contributed by atoms with Crippen molar-refractivity contribution in [3.8, 4) is 0 Å². The van der Waals surface area contributed by atoms with Crippen molar-refractivity contribution in [2.75, 3.05) is 7.11 Å². The topological polar surface area (TPSA) is 26.3 Å². The van der Waals surface area contributed by atoms with E-state index in [9.17, 15) is 4.79 Å². The first-order chi connectivity index (χ1) is 4.09. The Labute approximate surface area is 57.8 Å². The lowest BCUT2D eigenvalue weighted by atomic mass is 10.5. The van der Waals surface area contributed by atoms with Crippen molar-refractivity contribution in [2.24, 2.45) is 0 Å². The van der Waals surface area contributed by atoms with Crippen LogP contribution in [0.15, 0.2) is 0 Å². The van der Waals surface area contributed by atoms with Crippen molar-refractivity contribution in [1.29, 1.82) is 0 Å². The van der Waals surface area contributed by atoms with Gasteiger partial charge in [-0.1, -0.05) is 20.0 Å². The molecule has 0 saturated heterocycles. The second-order valence-corrected chi connectivity index (χ2v) is 5.34. The second-order valence-electron chi connectivity index (χ2n) is 2.32. The molecule has 0 fully saturated rings. The molecule has 1 atom stereocenters. The van der Waals surface area contributed by atoms with Crippen LogP contribution in [0.2, 0.25) is 18.6 Å². The Morgan fingerprint density at radius 2 is 2.00 bits per heavy atom. The van der Waals surface area contributed by atoms with Crippen molar-refractivity contribution in [3.63, 3.8) is 0 Å². The maximum atomic E-state index is 10.8. The maximum Gasteiger partial charge on any atom is 0.305 e. The van der Waals surface area contributed by atoms with E-state index in [0.717, 1.165) is 0 Å². The number of methoxy groups -OCH3 is 1. The van der Waals surface area contributed by atoms with Gasteiger partial charge in [-0.2, -0.15) is 0 Å². The third-order valence-electron chi connectivity index (χ3n) is 1.42. The summed E-state index contributed by atoms with van der Waals surface area (Å²) in [5.74, 6) is -0.0751. The van der Waals surface area contributed by atoms with Crippen molar-refractivity contribution in [1.82, 2.24) is 0 Å². The molecule has 0 rings (SSSR count). The van der Waals surface area contributed by atoms with Crippen molar-refractivity contribution in [2.45, 2.75) is 25.6 Å². The summed E-state index contributed by atoms with van der Waals surface area (Å²) in [7, 11) is 0.936. The molecule has 0 aromatic carbocycles. The molecule has 0 aliphatic carbocycles. The molecule has 53 valence electrons. The lowest BCUT2D eigenvalue weighted by Gasteiger charge is -2.09. The Morgan fingerprint density at radius 1 is 1.56 bits per heavy atom. The van der Waals surface area contributed by atoms with Gasteiger partial charge in [-0.25, -0.2) is 0 Å². The van der Waals surface area contributed by atoms with Crippen LogP contribution >= 0.6 is 0 Å². The molecule has 0 heterocycles. The molecular formula is C6H13O2Si. The van der Waals surface area contributed by atoms with E-state index in [4.69, 9.17) is 0 Å². The molecule has 0 aromatic rings. The third kappa shape index (κ3) is 2.65. The zero-order valence-corrected chi connectivity index (χ0v) is 7.39. The number of carbonyl (C=O) groups is 1. The monoisotopic (exact) mass is 145 g/mol. The van der Waals surface area contributed by atoms with E-state index < -0.39 is 8.80 Å². The zero-order chi connectivity index (χ0) is 7.44. The van der Waals surface area contributed by atoms with Crippen molar-refractivity contribution in [3.05, 3.63) is 0 Å². The zero-order valence-electron chi connectivity index (χ0n) is 6.39. The largest absolute Gasteiger partial charge is 0.469 e. The maximum absolute atomic E-state index is 10.8. The molecule has 1 unspecified atom stereocenters. The molecule has 0 saturated carbocycles. The third-order valence-corrected chi connectivity index (χ3v) is 3.39. The van der Waals surface area contributed by atoms with Crippen LogP contribution < -0.4 is 0 Å². The van der Waals surface area contributed by atoms with E-state index in [1.807, 2.05) is 6.92 Å². The minimum Gasteiger partial charge on any atom is -0.469 e. The summed E-state index contributed by atoms with van der Waals surface area (Å²) in [6.07, 6.45) is 0. The molecule has 1 radical (unpaired) electrons. The van der Waals surface area contributed by atoms with Crippen molar-refractivity contribution < 1.29 is 9.53 Å². The Kier molecular flexibility index (Phi) is 3.54. The molecule has 0 aliphatic rings. The first kappa shape index (κ1) is 8.69. The normalized spacial score (nSPS) is 13.4. The average molecular weight is 145 g/mol. The Balaban J connectivity index is 3.72. The first-order valence-corrected chi connectivity index (χ1v) is 5.55. The SMILES string of the molecule is COC(=O)C(C)[Si](C)C. The van der Waals surface area contributed by atoms with Crippen LogP contribution in [0.5, 0.6) is 0 Å². The smallest absolute Gasteiger partial charge is 0.305 e. The fraction of sp³-hybridized carbons (Fsp3) is 0.833. The standard InChI is InChI=1S/C6H13O2Si/c1-5(9(3)4)6(7)8-2/h5H,1-4H3. The van der Waals surface area contributed by atoms with Crippen LogP contribution in [0.3, 0.4) is 0 Å². The average Bonchev–Trinajstić information content (AvgIpc) is 1.84. The minimum atomic E-state index is -0.498. The molecule has 0 spiro atoms. The van der Waals surface area contributed by atoms with Gasteiger partial charge in [0.25, 0.3) is 0 Å². The number of hydrogen-bond acceptors (Lipinski definition) is 2. The van der Waals surface area contributed by atoms with Gasteiger partial charge < -0.3 is 4.74 Å². The number of rotatable bonds is 2. The molecule has 0 bridgehead atoms. The highest BCUT2D eigenvalue weighted by Gasteiger charge is 2.17. The predicted molar refractivity (Wildman–Crippen MR) is 38.9 cm³/mol. The van der Waals surface area contributed by atoms with Crippen LogP contribution in [-0.4, -0.2) is 21.9 Å². The van der Waals surface area contributed by atoms with Crippen LogP contribution in [-0.2, 0) is 9.53 Å². The van der Waals surface area contributed by atoms with Gasteiger partial charge in [0.15, 0.2) is 0 Å². The highest BCUT2D eigenvalue weighted by atomic mass is 28.3. The van der Waals surface area contributed by atoms with Gasteiger partial charge in [0.05, 0.1) is 15.9 Å². The van der Waals surface area contributed by atoms with Crippen LogP contribution in [0, 0.1) is 0 Å². The molecule has 0 amide bonds. The summed E-state index contributed by atoms with van der Waals surface area (Å²) in [6, 6.07) is 0. The van der Waals surface area contributed by atoms with E-state index in [1.54, 1.807) is 0 Å². The summed E-state index contributed by atoms with van der Waals surface area (Å²) in [5, 5.41) is 0. The second kappa shape index (κ2) is 3.66. The van der Waals surface area contributed by atoms with Crippen LogP contribution in [0.1, 0.15) is 6.92 Å². The van der Waals surface area contributed by atoms with Crippen LogP contribution in [0.4, 0.5) is 0 Å². The van der Waals surface area contributed by atoms with Gasteiger partial charge in [0.1, 0.15) is 0 Å². The van der Waals surface area contributed by atoms with Crippen LogP contribution in [0.25, 0.3) is 0 Å². The fourth-order valence-electron chi connectivity index (χ4n) is 0.412. The Morgan fingerprint density at radius 3 is 2.11 bits per heavy atom. The number of esters is 1. The van der Waals surface area contributed by atoms with E-state index in [2.05, 4.69) is 17.8 Å². The summed E-state index contributed by atoms with van der Waals surface area (Å²) in [4.78, 5) is 10.8. The number of carbonyl (C=O) groups excluding carboxylic acids is 1. The molecule has 0 aliphatic heterocycles. The Hall–Kier alpha value is -0.313. The summed E-state index contributed by atoms with van der Waals surface area (Å²) in [5.41, 5.74) is 0.125. The molecule has 2 nitrogen and oxygen atoms in total. The van der Waals surface area contributed by atoms with Gasteiger partial charge in [-0.05, 0) is 0 Å². The highest BCUT2D eigenvalue weighted by molar-refractivity contribution is 6.61. The van der Waals surface area contributed by atoms with E-state index in [1.165, 1.54) is 7.11 Å². The van der Waals surface area contributed by atoms with E-state index >= 15 is 0 Å². The number of ether oxygens (including phenoxy) is 1. The van der Waals surface area contributed by atoms with Gasteiger partial charge in [-0.3, -0.25) is 4.79 Å². The number of hydrogen-bond donors (Lipinski definition) is 0. The fourth-order valence-corrected chi connectivity index (χ4v) is 1.00. The van der Waals surface area contributed by atoms with Gasteiger partial charge in [0, 0.05) is 5.54 Å².